The number of benzene rings is 2. The van der Waals surface area contributed by atoms with Crippen molar-refractivity contribution in [3.8, 4) is 0 Å². The van der Waals surface area contributed by atoms with Gasteiger partial charge in [-0.2, -0.15) is 0 Å². The van der Waals surface area contributed by atoms with Crippen molar-refractivity contribution in [3.63, 3.8) is 0 Å². The van der Waals surface area contributed by atoms with Crippen molar-refractivity contribution in [3.05, 3.63) is 64.5 Å². The Kier molecular flexibility index (Phi) is 3.34. The van der Waals surface area contributed by atoms with Crippen LogP contribution in [0.15, 0.2) is 48.5 Å². The van der Waals surface area contributed by atoms with Crippen LogP contribution in [0.5, 0.6) is 0 Å². The zero-order valence-electron chi connectivity index (χ0n) is 11.8. The van der Waals surface area contributed by atoms with Crippen molar-refractivity contribution >= 4 is 39.8 Å². The Labute approximate surface area is 132 Å². The van der Waals surface area contributed by atoms with Gasteiger partial charge in [0.1, 0.15) is 0 Å². The van der Waals surface area contributed by atoms with Crippen molar-refractivity contribution in [1.29, 1.82) is 0 Å². The molecule has 0 amide bonds. The van der Waals surface area contributed by atoms with Crippen LogP contribution >= 0.6 is 11.3 Å². The third-order valence-corrected chi connectivity index (χ3v) is 5.10. The fraction of sp³-hybridized carbons (Fsp3) is 0.118. The number of rotatable bonds is 3. The average molecular weight is 308 g/mol. The lowest BCUT2D eigenvalue weighted by Gasteiger charge is -2.03. The summed E-state index contributed by atoms with van der Waals surface area (Å²) in [5.74, 6) is 0.106. The van der Waals surface area contributed by atoms with Crippen molar-refractivity contribution < 1.29 is 14.5 Å². The molecule has 2 aromatic carbocycles. The molecule has 1 N–H and O–H groups in total. The quantitative estimate of drug-likeness (QED) is 0.597. The highest BCUT2D eigenvalue weighted by Gasteiger charge is 2.27. The van der Waals surface area contributed by atoms with Crippen LogP contribution in [-0.2, 0) is 17.7 Å². The first-order chi connectivity index (χ1) is 10.7. The highest BCUT2D eigenvalue weighted by Crippen LogP contribution is 2.26. The lowest BCUT2D eigenvalue weighted by molar-refractivity contribution is 0.0997. The van der Waals surface area contributed by atoms with Crippen molar-refractivity contribution in [2.45, 2.75) is 13.0 Å². The SMILES string of the molecule is O=C(Cc1ccc2c(c1)B(O)OC2)c1cc2ccccc2s1. The highest BCUT2D eigenvalue weighted by atomic mass is 32.1. The molecule has 0 aliphatic carbocycles. The first kappa shape index (κ1) is 13.7. The van der Waals surface area contributed by atoms with Gasteiger partial charge >= 0.3 is 7.12 Å². The van der Waals surface area contributed by atoms with E-state index in [1.165, 1.54) is 11.3 Å². The molecule has 0 radical (unpaired) electrons. The van der Waals surface area contributed by atoms with Gasteiger partial charge in [-0.3, -0.25) is 4.79 Å². The third-order valence-electron chi connectivity index (χ3n) is 3.94. The summed E-state index contributed by atoms with van der Waals surface area (Å²) < 4.78 is 6.31. The van der Waals surface area contributed by atoms with E-state index < -0.39 is 7.12 Å². The minimum absolute atomic E-state index is 0.106. The number of carbonyl (C=O) groups is 1. The maximum absolute atomic E-state index is 12.5. The molecule has 1 aromatic heterocycles. The minimum Gasteiger partial charge on any atom is -0.423 e. The van der Waals surface area contributed by atoms with Gasteiger partial charge in [0.15, 0.2) is 5.78 Å². The predicted molar refractivity (Wildman–Crippen MR) is 88.7 cm³/mol. The Morgan fingerprint density at radius 2 is 2.09 bits per heavy atom. The summed E-state index contributed by atoms with van der Waals surface area (Å²) >= 11 is 1.53. The number of ketones is 1. The maximum atomic E-state index is 12.5. The van der Waals surface area contributed by atoms with Crippen LogP contribution in [0.3, 0.4) is 0 Å². The molecule has 0 spiro atoms. The average Bonchev–Trinajstić information content (AvgIpc) is 3.11. The second-order valence-corrected chi connectivity index (χ2v) is 6.53. The number of fused-ring (bicyclic) bond motifs is 2. The molecule has 0 atom stereocenters. The normalized spacial score (nSPS) is 13.6. The van der Waals surface area contributed by atoms with E-state index in [2.05, 4.69) is 0 Å². The number of thiophene rings is 1. The van der Waals surface area contributed by atoms with E-state index in [4.69, 9.17) is 4.65 Å². The lowest BCUT2D eigenvalue weighted by atomic mass is 9.78. The first-order valence-electron chi connectivity index (χ1n) is 7.14. The molecule has 0 fully saturated rings. The molecular formula is C17H13BO3S. The van der Waals surface area contributed by atoms with Gasteiger partial charge in [-0.05, 0) is 34.1 Å². The highest BCUT2D eigenvalue weighted by molar-refractivity contribution is 7.20. The molecule has 22 heavy (non-hydrogen) atoms. The van der Waals surface area contributed by atoms with Crippen LogP contribution in [0.2, 0.25) is 0 Å². The number of carbonyl (C=O) groups excluding carboxylic acids is 1. The van der Waals surface area contributed by atoms with E-state index in [0.29, 0.717) is 13.0 Å². The van der Waals surface area contributed by atoms with Crippen molar-refractivity contribution in [2.24, 2.45) is 0 Å². The fourth-order valence-corrected chi connectivity index (χ4v) is 3.77. The topological polar surface area (TPSA) is 46.5 Å². The molecule has 5 heteroatoms. The standard InChI is InChI=1S/C17H13BO3S/c19-15(17-9-12-3-1-2-4-16(12)22-17)8-11-5-6-13-10-21-18(20)14(13)7-11/h1-7,9,20H,8,10H2. The molecule has 3 nitrogen and oxygen atoms in total. The van der Waals surface area contributed by atoms with Crippen LogP contribution in [0.1, 0.15) is 20.8 Å². The second kappa shape index (κ2) is 5.36. The second-order valence-electron chi connectivity index (χ2n) is 5.44. The summed E-state index contributed by atoms with van der Waals surface area (Å²) in [6.07, 6.45) is 0.340. The van der Waals surface area contributed by atoms with Gasteiger partial charge in [-0.15, -0.1) is 11.3 Å². The van der Waals surface area contributed by atoms with Crippen LogP contribution < -0.4 is 5.46 Å². The van der Waals surface area contributed by atoms with Gasteiger partial charge in [-0.1, -0.05) is 36.4 Å². The van der Waals surface area contributed by atoms with E-state index in [0.717, 1.165) is 31.6 Å². The first-order valence-corrected chi connectivity index (χ1v) is 7.95. The Hall–Kier alpha value is -1.95. The molecule has 3 aromatic rings. The predicted octanol–water partition coefficient (Wildman–Crippen LogP) is 2.54. The summed E-state index contributed by atoms with van der Waals surface area (Å²) in [7, 11) is -0.866. The van der Waals surface area contributed by atoms with Gasteiger partial charge in [0.2, 0.25) is 0 Å². The van der Waals surface area contributed by atoms with E-state index in [-0.39, 0.29) is 5.78 Å². The van der Waals surface area contributed by atoms with Crippen molar-refractivity contribution in [1.82, 2.24) is 0 Å². The molecule has 1 aliphatic rings. The van der Waals surface area contributed by atoms with E-state index in [1.807, 2.05) is 48.5 Å². The zero-order chi connectivity index (χ0) is 15.1. The lowest BCUT2D eigenvalue weighted by Crippen LogP contribution is -2.28. The zero-order valence-corrected chi connectivity index (χ0v) is 12.6. The molecular weight excluding hydrogens is 295 g/mol. The molecule has 4 rings (SSSR count). The number of hydrogen-bond donors (Lipinski definition) is 1. The summed E-state index contributed by atoms with van der Waals surface area (Å²) in [5.41, 5.74) is 2.68. The molecule has 2 heterocycles. The molecule has 0 unspecified atom stereocenters. The Morgan fingerprint density at radius 1 is 1.23 bits per heavy atom. The molecule has 0 bridgehead atoms. The molecule has 0 saturated heterocycles. The maximum Gasteiger partial charge on any atom is 0.491 e. The van der Waals surface area contributed by atoms with Gasteiger partial charge in [0.05, 0.1) is 11.5 Å². The largest absolute Gasteiger partial charge is 0.491 e. The summed E-state index contributed by atoms with van der Waals surface area (Å²) in [5, 5.41) is 10.9. The Morgan fingerprint density at radius 3 is 2.95 bits per heavy atom. The molecule has 1 aliphatic heterocycles. The molecule has 0 saturated carbocycles. The van der Waals surface area contributed by atoms with E-state index in [9.17, 15) is 9.82 Å². The van der Waals surface area contributed by atoms with Gasteiger partial charge in [0.25, 0.3) is 0 Å². The van der Waals surface area contributed by atoms with Gasteiger partial charge < -0.3 is 9.68 Å². The molecule has 108 valence electrons. The summed E-state index contributed by atoms with van der Waals surface area (Å²) in [6, 6.07) is 15.7. The minimum atomic E-state index is -0.866. The van der Waals surface area contributed by atoms with Crippen molar-refractivity contribution in [2.75, 3.05) is 0 Å². The Balaban J connectivity index is 1.60. The Bertz CT molecular complexity index is 838. The van der Waals surface area contributed by atoms with Crippen LogP contribution in [0.4, 0.5) is 0 Å². The van der Waals surface area contributed by atoms with Crippen LogP contribution in [0, 0.1) is 0 Å². The smallest absolute Gasteiger partial charge is 0.423 e. The van der Waals surface area contributed by atoms with E-state index >= 15 is 0 Å². The number of hydrogen-bond acceptors (Lipinski definition) is 4. The van der Waals surface area contributed by atoms with Crippen LogP contribution in [-0.4, -0.2) is 17.9 Å². The van der Waals surface area contributed by atoms with Crippen LogP contribution in [0.25, 0.3) is 10.1 Å². The summed E-state index contributed by atoms with van der Waals surface area (Å²) in [4.78, 5) is 13.3. The monoisotopic (exact) mass is 308 g/mol. The third kappa shape index (κ3) is 2.37. The number of Topliss-reactive ketones (excluding diaryl/α,β-unsaturated/α-hetero) is 1. The van der Waals surface area contributed by atoms with E-state index in [1.54, 1.807) is 0 Å². The summed E-state index contributed by atoms with van der Waals surface area (Å²) in [6.45, 7) is 0.432. The van der Waals surface area contributed by atoms with Gasteiger partial charge in [-0.25, -0.2) is 0 Å². The fourth-order valence-electron chi connectivity index (χ4n) is 2.77. The van der Waals surface area contributed by atoms with Gasteiger partial charge in [0, 0.05) is 11.1 Å².